The van der Waals surface area contributed by atoms with E-state index in [0.717, 1.165) is 31.0 Å². The zero-order valence-electron chi connectivity index (χ0n) is 22.7. The van der Waals surface area contributed by atoms with Crippen LogP contribution < -0.4 is 10.1 Å². The lowest BCUT2D eigenvalue weighted by atomic mass is 9.77. The van der Waals surface area contributed by atoms with E-state index in [4.69, 9.17) is 0 Å². The van der Waals surface area contributed by atoms with Crippen LogP contribution in [0.4, 0.5) is 44.3 Å². The first kappa shape index (κ1) is 32.0. The Morgan fingerprint density at radius 1 is 0.930 bits per heavy atom. The Hall–Kier alpha value is -3.90. The number of amides is 2. The van der Waals surface area contributed by atoms with Crippen molar-refractivity contribution in [3.05, 3.63) is 101 Å². The summed E-state index contributed by atoms with van der Waals surface area (Å²) in [6.07, 6.45) is -12.0. The van der Waals surface area contributed by atoms with Crippen molar-refractivity contribution in [2.75, 3.05) is 7.05 Å². The van der Waals surface area contributed by atoms with Gasteiger partial charge in [0.1, 0.15) is 17.4 Å². The van der Waals surface area contributed by atoms with Gasteiger partial charge in [-0.2, -0.15) is 30.7 Å². The summed E-state index contributed by atoms with van der Waals surface area (Å²) in [5, 5.41) is 2.67. The van der Waals surface area contributed by atoms with Gasteiger partial charge < -0.3 is 15.0 Å². The molecule has 0 saturated heterocycles. The molecule has 1 saturated carbocycles. The second kappa shape index (κ2) is 12.4. The van der Waals surface area contributed by atoms with E-state index < -0.39 is 58.8 Å². The number of hydrogen-bond donors (Lipinski definition) is 1. The lowest BCUT2D eigenvalue weighted by molar-refractivity contribution is -0.253. The van der Waals surface area contributed by atoms with Crippen molar-refractivity contribution in [3.63, 3.8) is 0 Å². The van der Waals surface area contributed by atoms with Crippen LogP contribution in [0.3, 0.4) is 0 Å². The van der Waals surface area contributed by atoms with Crippen molar-refractivity contribution in [2.45, 2.75) is 62.4 Å². The van der Waals surface area contributed by atoms with E-state index in [1.165, 1.54) is 11.9 Å². The SMILES string of the molecule is CN(C(=O)NC(Cc1ccccc1)(c1cc(F)cc(OC(F)(F)C(F)F)c1)c1ccc(F)c(C(F)(F)F)c1)C1CCCC1. The predicted octanol–water partition coefficient (Wildman–Crippen LogP) is 8.29. The van der Waals surface area contributed by atoms with Gasteiger partial charge in [0, 0.05) is 25.6 Å². The predicted molar refractivity (Wildman–Crippen MR) is 139 cm³/mol. The third-order valence-corrected chi connectivity index (χ3v) is 7.46. The second-order valence-electron chi connectivity index (χ2n) is 10.4. The molecule has 43 heavy (non-hydrogen) atoms. The third-order valence-electron chi connectivity index (χ3n) is 7.46. The molecule has 1 fully saturated rings. The monoisotopic (exact) mass is 618 g/mol. The molecule has 3 aromatic rings. The molecule has 1 N–H and O–H groups in total. The number of carbonyl (C=O) groups is 1. The molecule has 1 unspecified atom stereocenters. The lowest BCUT2D eigenvalue weighted by Gasteiger charge is -2.39. The minimum absolute atomic E-state index is 0.232. The number of ether oxygens (including phenoxy) is 1. The van der Waals surface area contributed by atoms with Crippen LogP contribution in [0.1, 0.15) is 47.9 Å². The van der Waals surface area contributed by atoms with E-state index in [0.29, 0.717) is 36.6 Å². The summed E-state index contributed by atoms with van der Waals surface area (Å²) < 4.78 is 129. The average molecular weight is 619 g/mol. The number of hydrogen-bond acceptors (Lipinski definition) is 2. The van der Waals surface area contributed by atoms with Crippen LogP contribution in [-0.4, -0.2) is 36.6 Å². The van der Waals surface area contributed by atoms with E-state index >= 15 is 0 Å². The smallest absolute Gasteiger partial charge is 0.428 e. The number of urea groups is 1. The Bertz CT molecular complexity index is 1430. The number of nitrogens with one attached hydrogen (secondary N) is 1. The lowest BCUT2D eigenvalue weighted by Crippen LogP contribution is -2.54. The van der Waals surface area contributed by atoms with Crippen molar-refractivity contribution in [2.24, 2.45) is 0 Å². The van der Waals surface area contributed by atoms with Gasteiger partial charge in [-0.1, -0.05) is 49.2 Å². The van der Waals surface area contributed by atoms with Crippen LogP contribution in [0.5, 0.6) is 5.75 Å². The fraction of sp³-hybridized carbons (Fsp3) is 0.367. The third kappa shape index (κ3) is 7.19. The van der Waals surface area contributed by atoms with E-state index in [-0.39, 0.29) is 18.0 Å². The summed E-state index contributed by atoms with van der Waals surface area (Å²) in [7, 11) is 1.47. The second-order valence-corrected chi connectivity index (χ2v) is 10.4. The van der Waals surface area contributed by atoms with Crippen LogP contribution in [0.25, 0.3) is 0 Å². The molecule has 1 aliphatic rings. The number of nitrogens with zero attached hydrogens (tertiary/aromatic N) is 1. The molecule has 0 spiro atoms. The van der Waals surface area contributed by atoms with Gasteiger partial charge in [0.15, 0.2) is 0 Å². The summed E-state index contributed by atoms with van der Waals surface area (Å²) in [5.41, 5.74) is -4.26. The quantitative estimate of drug-likeness (QED) is 0.245. The maximum absolute atomic E-state index is 15.0. The summed E-state index contributed by atoms with van der Waals surface area (Å²) in [4.78, 5) is 15.0. The summed E-state index contributed by atoms with van der Waals surface area (Å²) in [6, 6.07) is 10.7. The van der Waals surface area contributed by atoms with Gasteiger partial charge in [0.2, 0.25) is 0 Å². The molecular formula is C30H27F9N2O2. The molecule has 0 radical (unpaired) electrons. The average Bonchev–Trinajstić information content (AvgIpc) is 3.47. The Morgan fingerprint density at radius 3 is 2.19 bits per heavy atom. The minimum Gasteiger partial charge on any atom is -0.428 e. The molecule has 13 heteroatoms. The Labute approximate surface area is 241 Å². The molecule has 1 aliphatic carbocycles. The molecule has 1 atom stereocenters. The van der Waals surface area contributed by atoms with Crippen LogP contribution in [0.2, 0.25) is 0 Å². The van der Waals surface area contributed by atoms with Crippen LogP contribution in [0.15, 0.2) is 66.7 Å². The summed E-state index contributed by atoms with van der Waals surface area (Å²) >= 11 is 0. The first-order chi connectivity index (χ1) is 20.1. The van der Waals surface area contributed by atoms with Crippen LogP contribution in [0, 0.1) is 11.6 Å². The topological polar surface area (TPSA) is 41.6 Å². The van der Waals surface area contributed by atoms with Gasteiger partial charge in [0.05, 0.1) is 11.1 Å². The van der Waals surface area contributed by atoms with Gasteiger partial charge in [-0.05, 0) is 53.8 Å². The molecule has 4 nitrogen and oxygen atoms in total. The first-order valence-corrected chi connectivity index (χ1v) is 13.2. The standard InChI is InChI=1S/C30H27F9N2O2/c1-41(22-9-5-6-10-22)27(42)40-28(17-18-7-3-2-4-8-18,19-11-12-25(32)24(15-19)29(35,36)37)20-13-21(31)16-23(14-20)43-30(38,39)26(33)34/h2-4,7-8,11-16,22,26H,5-6,9-10,17H2,1H3,(H,40,42). The summed E-state index contributed by atoms with van der Waals surface area (Å²) in [6.45, 7) is 0. The molecule has 0 bridgehead atoms. The Kier molecular flexibility index (Phi) is 9.22. The number of halogens is 9. The van der Waals surface area contributed by atoms with Gasteiger partial charge in [-0.3, -0.25) is 0 Å². The Balaban J connectivity index is 1.98. The van der Waals surface area contributed by atoms with E-state index in [1.807, 2.05) is 0 Å². The van der Waals surface area contributed by atoms with E-state index in [2.05, 4.69) is 10.1 Å². The van der Waals surface area contributed by atoms with Crippen molar-refractivity contribution in [1.82, 2.24) is 10.2 Å². The fourth-order valence-electron chi connectivity index (χ4n) is 5.27. The van der Waals surface area contributed by atoms with Crippen molar-refractivity contribution >= 4 is 6.03 Å². The fourth-order valence-corrected chi connectivity index (χ4v) is 5.27. The maximum Gasteiger partial charge on any atom is 0.461 e. The molecule has 232 valence electrons. The van der Waals surface area contributed by atoms with Crippen molar-refractivity contribution in [3.8, 4) is 5.75 Å². The number of rotatable bonds is 9. The molecular weight excluding hydrogens is 591 g/mol. The van der Waals surface area contributed by atoms with E-state index in [9.17, 15) is 44.3 Å². The van der Waals surface area contributed by atoms with E-state index in [1.54, 1.807) is 30.3 Å². The molecule has 2 amide bonds. The summed E-state index contributed by atoms with van der Waals surface area (Å²) in [5.74, 6) is -3.97. The Morgan fingerprint density at radius 2 is 1.58 bits per heavy atom. The van der Waals surface area contributed by atoms with Crippen LogP contribution in [-0.2, 0) is 18.1 Å². The highest BCUT2D eigenvalue weighted by molar-refractivity contribution is 5.76. The highest BCUT2D eigenvalue weighted by atomic mass is 19.4. The van der Waals surface area contributed by atoms with Crippen molar-refractivity contribution in [1.29, 1.82) is 0 Å². The maximum atomic E-state index is 15.0. The van der Waals surface area contributed by atoms with Gasteiger partial charge in [-0.25, -0.2) is 13.6 Å². The normalized spacial score (nSPS) is 15.8. The van der Waals surface area contributed by atoms with Gasteiger partial charge in [0.25, 0.3) is 0 Å². The van der Waals surface area contributed by atoms with Crippen molar-refractivity contribution < 1.29 is 49.0 Å². The first-order valence-electron chi connectivity index (χ1n) is 13.2. The van der Waals surface area contributed by atoms with Gasteiger partial charge >= 0.3 is 24.7 Å². The molecule has 0 aromatic heterocycles. The highest BCUT2D eigenvalue weighted by Crippen LogP contribution is 2.41. The zero-order valence-corrected chi connectivity index (χ0v) is 22.7. The van der Waals surface area contributed by atoms with Crippen LogP contribution >= 0.6 is 0 Å². The zero-order chi connectivity index (χ0) is 31.6. The number of carbonyl (C=O) groups excluding carboxylic acids is 1. The molecule has 4 rings (SSSR count). The highest BCUT2D eigenvalue weighted by Gasteiger charge is 2.45. The molecule has 3 aromatic carbocycles. The largest absolute Gasteiger partial charge is 0.461 e. The van der Waals surface area contributed by atoms with Gasteiger partial charge in [-0.15, -0.1) is 0 Å². The number of alkyl halides is 7. The number of benzene rings is 3. The molecule has 0 aliphatic heterocycles. The molecule has 0 heterocycles. The minimum atomic E-state index is -5.18.